The van der Waals surface area contributed by atoms with Gasteiger partial charge in [0.2, 0.25) is 5.91 Å². The SMILES string of the molecule is CCCCCCCCCCCCCCCC(=O)N1CCC(OC(=O)Oc2ccc(-c3ncc(CCCCCCCC)cn3)cc2)CC1. The number of carbonyl (C=O) groups is 2. The van der Waals surface area contributed by atoms with Crippen LogP contribution < -0.4 is 4.74 Å². The lowest BCUT2D eigenvalue weighted by molar-refractivity contribution is -0.133. The second-order valence-corrected chi connectivity index (χ2v) is 13.5. The highest BCUT2D eigenvalue weighted by Crippen LogP contribution is 2.22. The van der Waals surface area contributed by atoms with Gasteiger partial charge in [0.1, 0.15) is 11.9 Å². The van der Waals surface area contributed by atoms with E-state index in [0.717, 1.165) is 30.4 Å². The number of nitrogens with zero attached hydrogens (tertiary/aromatic N) is 3. The number of hydrogen-bond acceptors (Lipinski definition) is 6. The van der Waals surface area contributed by atoms with Crippen molar-refractivity contribution in [2.24, 2.45) is 0 Å². The zero-order valence-corrected chi connectivity index (χ0v) is 29.7. The highest BCUT2D eigenvalue weighted by molar-refractivity contribution is 5.76. The summed E-state index contributed by atoms with van der Waals surface area (Å²) < 4.78 is 11.0. The standard InChI is InChI=1S/C40H63N3O4/c1-3-5-7-9-11-12-13-14-15-16-17-19-21-23-38(44)43-30-28-37(29-31-43)47-40(45)46-36-26-24-35(25-27-36)39-41-32-34(33-42-39)22-20-18-10-8-6-4-2/h24-27,32-33,37H,3-23,28-31H2,1-2H3. The van der Waals surface area contributed by atoms with E-state index in [-0.39, 0.29) is 12.0 Å². The summed E-state index contributed by atoms with van der Waals surface area (Å²) in [5.74, 6) is 1.30. The summed E-state index contributed by atoms with van der Waals surface area (Å²) >= 11 is 0. The Kier molecular flexibility index (Phi) is 19.8. The maximum absolute atomic E-state index is 12.7. The Hall–Kier alpha value is -2.96. The van der Waals surface area contributed by atoms with E-state index < -0.39 is 6.16 Å². The predicted octanol–water partition coefficient (Wildman–Crippen LogP) is 11.0. The van der Waals surface area contributed by atoms with E-state index >= 15 is 0 Å². The molecule has 1 fully saturated rings. The van der Waals surface area contributed by atoms with Gasteiger partial charge < -0.3 is 14.4 Å². The van der Waals surface area contributed by atoms with Crippen molar-refractivity contribution in [3.63, 3.8) is 0 Å². The molecule has 2 heterocycles. The number of carbonyl (C=O) groups excluding carboxylic acids is 2. The van der Waals surface area contributed by atoms with Gasteiger partial charge in [-0.3, -0.25) is 4.79 Å². The molecule has 0 saturated carbocycles. The van der Waals surface area contributed by atoms with E-state index in [9.17, 15) is 9.59 Å². The van der Waals surface area contributed by atoms with Crippen molar-refractivity contribution >= 4 is 12.1 Å². The fourth-order valence-electron chi connectivity index (χ4n) is 6.35. The number of hydrogen-bond donors (Lipinski definition) is 0. The Morgan fingerprint density at radius 2 is 1.17 bits per heavy atom. The molecule has 1 aliphatic rings. The highest BCUT2D eigenvalue weighted by Gasteiger charge is 2.25. The van der Waals surface area contributed by atoms with Gasteiger partial charge in [-0.25, -0.2) is 14.8 Å². The van der Waals surface area contributed by atoms with E-state index in [1.807, 2.05) is 29.4 Å². The molecule has 0 bridgehead atoms. The predicted molar refractivity (Wildman–Crippen MR) is 192 cm³/mol. The second-order valence-electron chi connectivity index (χ2n) is 13.5. The summed E-state index contributed by atoms with van der Waals surface area (Å²) in [4.78, 5) is 36.1. The van der Waals surface area contributed by atoms with Crippen molar-refractivity contribution in [1.82, 2.24) is 14.9 Å². The van der Waals surface area contributed by atoms with Crippen molar-refractivity contribution in [3.8, 4) is 17.1 Å². The minimum atomic E-state index is -0.704. The molecule has 1 aliphatic heterocycles. The number of ether oxygens (including phenoxy) is 2. The van der Waals surface area contributed by atoms with Gasteiger partial charge in [-0.2, -0.15) is 0 Å². The first-order valence-corrected chi connectivity index (χ1v) is 19.2. The summed E-state index contributed by atoms with van der Waals surface area (Å²) in [6, 6.07) is 7.18. The molecule has 0 N–H and O–H groups in total. The van der Waals surface area contributed by atoms with Crippen molar-refractivity contribution in [2.45, 2.75) is 168 Å². The van der Waals surface area contributed by atoms with Gasteiger partial charge in [0.15, 0.2) is 5.82 Å². The Labute approximate surface area is 285 Å². The third-order valence-electron chi connectivity index (χ3n) is 9.39. The molecule has 7 nitrogen and oxygen atoms in total. The van der Waals surface area contributed by atoms with E-state index in [0.29, 0.717) is 43.9 Å². The fraction of sp³-hybridized carbons (Fsp3) is 0.700. The first-order chi connectivity index (χ1) is 23.1. The molecular formula is C40H63N3O4. The maximum atomic E-state index is 12.7. The molecule has 7 heteroatoms. The van der Waals surface area contributed by atoms with Crippen LogP contribution in [0.25, 0.3) is 11.4 Å². The molecule has 2 aromatic rings. The van der Waals surface area contributed by atoms with Crippen LogP contribution in [0.4, 0.5) is 4.79 Å². The quantitative estimate of drug-likeness (QED) is 0.0639. The maximum Gasteiger partial charge on any atom is 0.514 e. The fourth-order valence-corrected chi connectivity index (χ4v) is 6.35. The van der Waals surface area contributed by atoms with Crippen LogP contribution in [0.3, 0.4) is 0 Å². The number of aromatic nitrogens is 2. The summed E-state index contributed by atoms with van der Waals surface area (Å²) in [6.45, 7) is 5.76. The summed E-state index contributed by atoms with van der Waals surface area (Å²) in [5, 5.41) is 0. The molecule has 0 spiro atoms. The lowest BCUT2D eigenvalue weighted by Gasteiger charge is -2.31. The molecular weight excluding hydrogens is 586 g/mol. The number of aryl methyl sites for hydroxylation is 1. The van der Waals surface area contributed by atoms with Crippen molar-refractivity contribution < 1.29 is 19.1 Å². The monoisotopic (exact) mass is 649 g/mol. The third kappa shape index (κ3) is 16.6. The molecule has 1 saturated heterocycles. The minimum Gasteiger partial charge on any atom is -0.431 e. The Morgan fingerprint density at radius 3 is 1.70 bits per heavy atom. The van der Waals surface area contributed by atoms with Crippen molar-refractivity contribution in [1.29, 1.82) is 0 Å². The molecule has 1 amide bonds. The first-order valence-electron chi connectivity index (χ1n) is 19.2. The number of amides is 1. The Bertz CT molecular complexity index is 1100. The van der Waals surface area contributed by atoms with Crippen LogP contribution in [0.15, 0.2) is 36.7 Å². The van der Waals surface area contributed by atoms with Crippen LogP contribution in [-0.2, 0) is 16.0 Å². The van der Waals surface area contributed by atoms with Gasteiger partial charge in [-0.05, 0) is 49.1 Å². The van der Waals surface area contributed by atoms with E-state index in [4.69, 9.17) is 9.47 Å². The molecule has 3 rings (SSSR count). The minimum absolute atomic E-state index is 0.227. The lowest BCUT2D eigenvalue weighted by atomic mass is 10.0. The van der Waals surface area contributed by atoms with Crippen LogP contribution in [0.1, 0.15) is 161 Å². The Morgan fingerprint density at radius 1 is 0.681 bits per heavy atom. The molecule has 47 heavy (non-hydrogen) atoms. The molecule has 0 atom stereocenters. The zero-order chi connectivity index (χ0) is 33.4. The highest BCUT2D eigenvalue weighted by atomic mass is 16.7. The van der Waals surface area contributed by atoms with Crippen LogP contribution in [0, 0.1) is 0 Å². The van der Waals surface area contributed by atoms with Crippen molar-refractivity contribution in [3.05, 3.63) is 42.2 Å². The van der Waals surface area contributed by atoms with Crippen LogP contribution >= 0.6 is 0 Å². The smallest absolute Gasteiger partial charge is 0.431 e. The first kappa shape index (κ1) is 38.5. The molecule has 1 aromatic heterocycles. The number of piperidine rings is 1. The topological polar surface area (TPSA) is 81.6 Å². The summed E-state index contributed by atoms with van der Waals surface area (Å²) in [6.07, 6.45) is 30.4. The summed E-state index contributed by atoms with van der Waals surface area (Å²) in [7, 11) is 0. The zero-order valence-electron chi connectivity index (χ0n) is 29.7. The number of rotatable bonds is 24. The molecule has 1 aromatic carbocycles. The van der Waals surface area contributed by atoms with Crippen molar-refractivity contribution in [2.75, 3.05) is 13.1 Å². The third-order valence-corrected chi connectivity index (χ3v) is 9.39. The molecule has 262 valence electrons. The molecule has 0 aliphatic carbocycles. The number of benzene rings is 1. The average Bonchev–Trinajstić information content (AvgIpc) is 3.09. The normalized spacial score (nSPS) is 13.5. The van der Waals surface area contributed by atoms with Crippen LogP contribution in [-0.4, -0.2) is 46.1 Å². The number of unbranched alkanes of at least 4 members (excludes halogenated alkanes) is 17. The van der Waals surface area contributed by atoms with E-state index in [2.05, 4.69) is 23.8 Å². The Balaban J connectivity index is 1.22. The van der Waals surface area contributed by atoms with Gasteiger partial charge in [0, 0.05) is 50.3 Å². The second kappa shape index (κ2) is 24.2. The lowest BCUT2D eigenvalue weighted by Crippen LogP contribution is -2.41. The van der Waals surface area contributed by atoms with E-state index in [1.165, 1.54) is 109 Å². The van der Waals surface area contributed by atoms with Crippen LogP contribution in [0.2, 0.25) is 0 Å². The van der Waals surface area contributed by atoms with Gasteiger partial charge in [0.05, 0.1) is 0 Å². The van der Waals surface area contributed by atoms with Gasteiger partial charge in [0.25, 0.3) is 0 Å². The average molecular weight is 650 g/mol. The van der Waals surface area contributed by atoms with Gasteiger partial charge in [-0.1, -0.05) is 123 Å². The molecule has 0 radical (unpaired) electrons. The van der Waals surface area contributed by atoms with E-state index in [1.54, 1.807) is 12.1 Å². The number of likely N-dealkylation sites (tertiary alicyclic amines) is 1. The van der Waals surface area contributed by atoms with Gasteiger partial charge in [-0.15, -0.1) is 0 Å². The molecule has 0 unspecified atom stereocenters. The van der Waals surface area contributed by atoms with Gasteiger partial charge >= 0.3 is 6.16 Å². The van der Waals surface area contributed by atoms with Crippen LogP contribution in [0.5, 0.6) is 5.75 Å². The summed E-state index contributed by atoms with van der Waals surface area (Å²) in [5.41, 5.74) is 2.03. The largest absolute Gasteiger partial charge is 0.514 e.